The monoisotopic (exact) mass is 444 g/mol. The number of benzene rings is 3. The summed E-state index contributed by atoms with van der Waals surface area (Å²) in [4.78, 5) is 14.9. The number of nitrogens with zero attached hydrogens (tertiary/aromatic N) is 1. The van der Waals surface area contributed by atoms with Crippen LogP contribution in [0.25, 0.3) is 0 Å². The highest BCUT2D eigenvalue weighted by atomic mass is 19.1. The average Bonchev–Trinajstić information content (AvgIpc) is 2.83. The standard InChI is InChI=1S/C27H25FN2O3/c28-21-9-5-19(6-10-21)25(32)16-15-24-26(20-7-13-23(31)14-8-20)30(27(24)33)22-11-3-18(4-12-22)2-1-17-29/h3-14,24-26,31-32H,15-17,29H2/t24-,25+,26?/m1/s1. The van der Waals surface area contributed by atoms with E-state index in [9.17, 15) is 19.4 Å². The molecule has 0 radical (unpaired) electrons. The van der Waals surface area contributed by atoms with Gasteiger partial charge < -0.3 is 20.8 Å². The van der Waals surface area contributed by atoms with Crippen LogP contribution in [-0.2, 0) is 4.79 Å². The molecule has 1 unspecified atom stereocenters. The van der Waals surface area contributed by atoms with E-state index >= 15 is 0 Å². The molecule has 1 saturated heterocycles. The first kappa shape index (κ1) is 22.5. The molecule has 1 fully saturated rings. The molecule has 1 heterocycles. The lowest BCUT2D eigenvalue weighted by Gasteiger charge is -2.48. The van der Waals surface area contributed by atoms with Crippen LogP contribution in [-0.4, -0.2) is 22.7 Å². The fourth-order valence-corrected chi connectivity index (χ4v) is 4.22. The predicted molar refractivity (Wildman–Crippen MR) is 125 cm³/mol. The largest absolute Gasteiger partial charge is 0.508 e. The van der Waals surface area contributed by atoms with Crippen molar-refractivity contribution in [1.29, 1.82) is 0 Å². The molecule has 0 aromatic heterocycles. The Labute approximate surface area is 192 Å². The van der Waals surface area contributed by atoms with E-state index in [4.69, 9.17) is 5.73 Å². The molecule has 4 N–H and O–H groups in total. The number of nitrogens with two attached hydrogens (primary N) is 1. The van der Waals surface area contributed by atoms with Gasteiger partial charge in [0.15, 0.2) is 0 Å². The predicted octanol–water partition coefficient (Wildman–Crippen LogP) is 4.06. The maximum Gasteiger partial charge on any atom is 0.233 e. The van der Waals surface area contributed by atoms with E-state index in [2.05, 4.69) is 11.8 Å². The highest BCUT2D eigenvalue weighted by molar-refractivity contribution is 6.03. The summed E-state index contributed by atoms with van der Waals surface area (Å²) in [6.45, 7) is 0.279. The van der Waals surface area contributed by atoms with Gasteiger partial charge in [-0.15, -0.1) is 0 Å². The van der Waals surface area contributed by atoms with Gasteiger partial charge in [-0.1, -0.05) is 36.1 Å². The van der Waals surface area contributed by atoms with Crippen molar-refractivity contribution in [3.05, 3.63) is 95.3 Å². The van der Waals surface area contributed by atoms with Crippen molar-refractivity contribution in [2.45, 2.75) is 25.0 Å². The van der Waals surface area contributed by atoms with Gasteiger partial charge in [-0.05, 0) is 72.5 Å². The number of hydrogen-bond acceptors (Lipinski definition) is 4. The van der Waals surface area contributed by atoms with Gasteiger partial charge >= 0.3 is 0 Å². The highest BCUT2D eigenvalue weighted by Gasteiger charge is 2.48. The molecule has 5 nitrogen and oxygen atoms in total. The van der Waals surface area contributed by atoms with Gasteiger partial charge in [0.25, 0.3) is 0 Å². The van der Waals surface area contributed by atoms with Crippen LogP contribution in [0.5, 0.6) is 5.75 Å². The number of hydrogen-bond donors (Lipinski definition) is 3. The van der Waals surface area contributed by atoms with Crippen LogP contribution in [0.3, 0.4) is 0 Å². The first-order valence-corrected chi connectivity index (χ1v) is 10.8. The number of aliphatic hydroxyl groups excluding tert-OH is 1. The maximum absolute atomic E-state index is 13.2. The Morgan fingerprint density at radius 3 is 2.30 bits per heavy atom. The number of phenolic OH excluding ortho intramolecular Hbond substituents is 1. The van der Waals surface area contributed by atoms with E-state index in [1.807, 2.05) is 36.4 Å². The Kier molecular flexibility index (Phi) is 6.74. The second-order valence-corrected chi connectivity index (χ2v) is 8.05. The molecule has 1 amide bonds. The van der Waals surface area contributed by atoms with Crippen molar-refractivity contribution in [2.24, 2.45) is 11.7 Å². The van der Waals surface area contributed by atoms with Crippen molar-refractivity contribution in [2.75, 3.05) is 11.4 Å². The fourth-order valence-electron chi connectivity index (χ4n) is 4.22. The molecule has 1 aliphatic heterocycles. The summed E-state index contributed by atoms with van der Waals surface area (Å²) >= 11 is 0. The lowest BCUT2D eigenvalue weighted by Crippen LogP contribution is -2.55. The molecule has 6 heteroatoms. The molecule has 3 aromatic rings. The third kappa shape index (κ3) is 4.90. The summed E-state index contributed by atoms with van der Waals surface area (Å²) in [5.74, 6) is 5.23. The van der Waals surface area contributed by atoms with Gasteiger partial charge in [0.05, 0.1) is 24.6 Å². The Balaban J connectivity index is 1.54. The summed E-state index contributed by atoms with van der Waals surface area (Å²) in [7, 11) is 0. The third-order valence-corrected chi connectivity index (χ3v) is 5.93. The molecular weight excluding hydrogens is 419 g/mol. The number of halogens is 1. The number of aromatic hydroxyl groups is 1. The van der Waals surface area contributed by atoms with Gasteiger partial charge in [0.1, 0.15) is 11.6 Å². The van der Waals surface area contributed by atoms with Crippen LogP contribution < -0.4 is 10.6 Å². The minimum atomic E-state index is -0.784. The van der Waals surface area contributed by atoms with Crippen LogP contribution in [0.2, 0.25) is 0 Å². The number of carbonyl (C=O) groups excluding carboxylic acids is 1. The Hall–Kier alpha value is -3.66. The van der Waals surface area contributed by atoms with Gasteiger partial charge in [-0.3, -0.25) is 4.79 Å². The number of amides is 1. The summed E-state index contributed by atoms with van der Waals surface area (Å²) in [6, 6.07) is 19.8. The number of aliphatic hydroxyl groups is 1. The third-order valence-electron chi connectivity index (χ3n) is 5.93. The van der Waals surface area contributed by atoms with Crippen LogP contribution in [0.15, 0.2) is 72.8 Å². The molecule has 0 bridgehead atoms. The first-order chi connectivity index (χ1) is 16.0. The molecular formula is C27H25FN2O3. The maximum atomic E-state index is 13.2. The molecule has 0 saturated carbocycles. The quantitative estimate of drug-likeness (QED) is 0.395. The lowest BCUT2D eigenvalue weighted by atomic mass is 9.78. The summed E-state index contributed by atoms with van der Waals surface area (Å²) in [5, 5.41) is 20.2. The van der Waals surface area contributed by atoms with Gasteiger partial charge in [-0.2, -0.15) is 0 Å². The number of anilines is 1. The van der Waals surface area contributed by atoms with Crippen molar-refractivity contribution >= 4 is 11.6 Å². The average molecular weight is 445 g/mol. The SMILES string of the molecule is NCC#Cc1ccc(N2C(=O)[C@H](CC[C@H](O)c3ccc(F)cc3)C2c2ccc(O)cc2)cc1. The number of β-lactam (4-membered cyclic amide) rings is 1. The number of phenols is 1. The zero-order chi connectivity index (χ0) is 23.4. The van der Waals surface area contributed by atoms with Gasteiger partial charge in [-0.25, -0.2) is 4.39 Å². The molecule has 168 valence electrons. The zero-order valence-electron chi connectivity index (χ0n) is 18.0. The fraction of sp³-hybridized carbons (Fsp3) is 0.222. The topological polar surface area (TPSA) is 86.8 Å². The van der Waals surface area contributed by atoms with Gasteiger partial charge in [0, 0.05) is 11.3 Å². The summed E-state index contributed by atoms with van der Waals surface area (Å²) in [6.07, 6.45) is 0.0608. The van der Waals surface area contributed by atoms with E-state index < -0.39 is 6.10 Å². The van der Waals surface area contributed by atoms with Crippen LogP contribution >= 0.6 is 0 Å². The smallest absolute Gasteiger partial charge is 0.233 e. The molecule has 0 aliphatic carbocycles. The Morgan fingerprint density at radius 1 is 1.00 bits per heavy atom. The minimum Gasteiger partial charge on any atom is -0.508 e. The molecule has 4 rings (SSSR count). The van der Waals surface area contributed by atoms with Crippen LogP contribution in [0.1, 0.15) is 41.7 Å². The second-order valence-electron chi connectivity index (χ2n) is 8.05. The molecule has 33 heavy (non-hydrogen) atoms. The molecule has 3 aromatic carbocycles. The van der Waals surface area contributed by atoms with E-state index in [0.717, 1.165) is 16.8 Å². The van der Waals surface area contributed by atoms with E-state index in [0.29, 0.717) is 18.4 Å². The van der Waals surface area contributed by atoms with Crippen LogP contribution in [0, 0.1) is 23.6 Å². The van der Waals surface area contributed by atoms with E-state index in [-0.39, 0.29) is 36.0 Å². The van der Waals surface area contributed by atoms with Crippen molar-refractivity contribution in [3.8, 4) is 17.6 Å². The van der Waals surface area contributed by atoms with Crippen molar-refractivity contribution < 1.29 is 19.4 Å². The highest BCUT2D eigenvalue weighted by Crippen LogP contribution is 2.46. The molecule has 3 atom stereocenters. The summed E-state index contributed by atoms with van der Waals surface area (Å²) in [5.41, 5.74) is 8.52. The number of rotatable bonds is 6. The van der Waals surface area contributed by atoms with Crippen molar-refractivity contribution in [1.82, 2.24) is 0 Å². The molecule has 1 aliphatic rings. The van der Waals surface area contributed by atoms with E-state index in [1.165, 1.54) is 12.1 Å². The minimum absolute atomic E-state index is 0.0276. The first-order valence-electron chi connectivity index (χ1n) is 10.8. The second kappa shape index (κ2) is 9.86. The van der Waals surface area contributed by atoms with Crippen LogP contribution in [0.4, 0.5) is 10.1 Å². The van der Waals surface area contributed by atoms with E-state index in [1.54, 1.807) is 29.2 Å². The molecule has 0 spiro atoms. The van der Waals surface area contributed by atoms with Gasteiger partial charge in [0.2, 0.25) is 5.91 Å². The zero-order valence-corrected chi connectivity index (χ0v) is 18.0. The summed E-state index contributed by atoms with van der Waals surface area (Å²) < 4.78 is 13.2. The normalized spacial score (nSPS) is 18.3. The lowest BCUT2D eigenvalue weighted by molar-refractivity contribution is -0.131. The number of carbonyl (C=O) groups is 1. The Morgan fingerprint density at radius 2 is 1.67 bits per heavy atom. The van der Waals surface area contributed by atoms with Crippen molar-refractivity contribution in [3.63, 3.8) is 0 Å². The Bertz CT molecular complexity index is 1170.